The third-order valence-corrected chi connectivity index (χ3v) is 4.13. The van der Waals surface area contributed by atoms with E-state index in [1.54, 1.807) is 24.3 Å². The van der Waals surface area contributed by atoms with Crippen LogP contribution in [0.3, 0.4) is 0 Å². The van der Waals surface area contributed by atoms with E-state index >= 15 is 0 Å². The van der Waals surface area contributed by atoms with Crippen molar-refractivity contribution in [3.05, 3.63) is 45.2 Å². The van der Waals surface area contributed by atoms with Crippen LogP contribution in [0.2, 0.25) is 5.02 Å². The maximum Gasteiger partial charge on any atom is 0.316 e. The minimum absolute atomic E-state index is 0.0155. The molecule has 0 fully saturated rings. The molecule has 25 heavy (non-hydrogen) atoms. The van der Waals surface area contributed by atoms with Crippen LogP contribution in [0.15, 0.2) is 34.2 Å². The van der Waals surface area contributed by atoms with Crippen molar-refractivity contribution in [1.29, 1.82) is 5.26 Å². The molecule has 1 heterocycles. The van der Waals surface area contributed by atoms with Gasteiger partial charge in [-0.2, -0.15) is 5.26 Å². The average Bonchev–Trinajstić information content (AvgIpc) is 2.58. The molecule has 8 heteroatoms. The fraction of sp³-hybridized carbons (Fsp3) is 0.294. The van der Waals surface area contributed by atoms with Crippen molar-refractivity contribution in [1.82, 2.24) is 9.97 Å². The van der Waals surface area contributed by atoms with E-state index in [2.05, 4.69) is 9.97 Å². The lowest BCUT2D eigenvalue weighted by Crippen LogP contribution is -2.16. The number of hydrogen-bond acceptors (Lipinski definition) is 6. The highest BCUT2D eigenvalue weighted by Crippen LogP contribution is 2.23. The van der Waals surface area contributed by atoms with Crippen LogP contribution in [0, 0.1) is 17.2 Å². The lowest BCUT2D eigenvalue weighted by Gasteiger charge is -2.08. The molecule has 0 saturated carbocycles. The molecule has 0 saturated heterocycles. The Morgan fingerprint density at radius 1 is 1.40 bits per heavy atom. The van der Waals surface area contributed by atoms with E-state index in [1.807, 2.05) is 19.9 Å². The molecule has 0 spiro atoms. The number of aromatic amines is 1. The molecule has 0 atom stereocenters. The standard InChI is InChI=1S/C17H16ClN3O3S/c1-10(2)8-24-14(22)9-25-17-20-15(13(7-19)16(23)21-17)11-3-5-12(18)6-4-11/h3-6,10H,8-9H2,1-2H3,(H,20,21,23). The Morgan fingerprint density at radius 2 is 2.08 bits per heavy atom. The summed E-state index contributed by atoms with van der Waals surface area (Å²) in [6.07, 6.45) is 0. The number of carbonyl (C=O) groups is 1. The molecule has 0 unspecified atom stereocenters. The van der Waals surface area contributed by atoms with Gasteiger partial charge >= 0.3 is 5.97 Å². The first-order valence-electron chi connectivity index (χ1n) is 7.49. The summed E-state index contributed by atoms with van der Waals surface area (Å²) in [6, 6.07) is 8.52. The maximum atomic E-state index is 12.1. The molecular formula is C17H16ClN3O3S. The number of esters is 1. The smallest absolute Gasteiger partial charge is 0.316 e. The number of thioether (sulfide) groups is 1. The highest BCUT2D eigenvalue weighted by atomic mass is 35.5. The minimum Gasteiger partial charge on any atom is -0.465 e. The first kappa shape index (κ1) is 19.0. The predicted molar refractivity (Wildman–Crippen MR) is 96.5 cm³/mol. The first-order chi connectivity index (χ1) is 11.9. The van der Waals surface area contributed by atoms with Gasteiger partial charge < -0.3 is 9.72 Å². The number of H-pyrrole nitrogens is 1. The van der Waals surface area contributed by atoms with Crippen LogP contribution in [0.1, 0.15) is 19.4 Å². The van der Waals surface area contributed by atoms with Crippen molar-refractivity contribution in [2.75, 3.05) is 12.4 Å². The third kappa shape index (κ3) is 5.34. The summed E-state index contributed by atoms with van der Waals surface area (Å²) in [5, 5.41) is 10.0. The molecular weight excluding hydrogens is 362 g/mol. The molecule has 0 aliphatic heterocycles. The van der Waals surface area contributed by atoms with Crippen LogP contribution in [-0.2, 0) is 9.53 Å². The van der Waals surface area contributed by atoms with Crippen LogP contribution in [0.5, 0.6) is 0 Å². The highest BCUT2D eigenvalue weighted by Gasteiger charge is 2.15. The Kier molecular flexibility index (Phi) is 6.62. The average molecular weight is 378 g/mol. The number of nitrogens with zero attached hydrogens (tertiary/aromatic N) is 2. The summed E-state index contributed by atoms with van der Waals surface area (Å²) in [5.74, 6) is -0.126. The van der Waals surface area contributed by atoms with Gasteiger partial charge in [0.25, 0.3) is 5.56 Å². The second-order valence-corrected chi connectivity index (χ2v) is 6.98. The molecule has 130 valence electrons. The summed E-state index contributed by atoms with van der Waals surface area (Å²) < 4.78 is 5.08. The topological polar surface area (TPSA) is 95.8 Å². The summed E-state index contributed by atoms with van der Waals surface area (Å²) in [5.41, 5.74) is 0.201. The number of hydrogen-bond donors (Lipinski definition) is 1. The number of ether oxygens (including phenoxy) is 1. The molecule has 0 amide bonds. The van der Waals surface area contributed by atoms with E-state index in [1.165, 1.54) is 0 Å². The summed E-state index contributed by atoms with van der Waals surface area (Å²) in [4.78, 5) is 30.6. The van der Waals surface area contributed by atoms with Gasteiger partial charge in [0.15, 0.2) is 5.16 Å². The predicted octanol–water partition coefficient (Wildman–Crippen LogP) is 3.25. The SMILES string of the molecule is CC(C)COC(=O)CSc1nc(-c2ccc(Cl)cc2)c(C#N)c(=O)[nH]1. The Labute approximate surface area is 154 Å². The quantitative estimate of drug-likeness (QED) is 0.471. The van der Waals surface area contributed by atoms with Crippen LogP contribution in [0.4, 0.5) is 0 Å². The zero-order chi connectivity index (χ0) is 18.4. The third-order valence-electron chi connectivity index (χ3n) is 3.03. The molecule has 2 aromatic rings. The van der Waals surface area contributed by atoms with Crippen LogP contribution in [-0.4, -0.2) is 28.3 Å². The van der Waals surface area contributed by atoms with Crippen molar-refractivity contribution in [3.63, 3.8) is 0 Å². The zero-order valence-electron chi connectivity index (χ0n) is 13.7. The molecule has 0 aliphatic carbocycles. The van der Waals surface area contributed by atoms with Gasteiger partial charge in [-0.25, -0.2) is 4.98 Å². The lowest BCUT2D eigenvalue weighted by molar-refractivity contribution is -0.141. The number of nitrogens with one attached hydrogen (secondary N) is 1. The fourth-order valence-corrected chi connectivity index (χ4v) is 2.65. The monoisotopic (exact) mass is 377 g/mol. The Bertz CT molecular complexity index is 857. The van der Waals surface area contributed by atoms with E-state index < -0.39 is 11.5 Å². The second-order valence-electron chi connectivity index (χ2n) is 5.58. The van der Waals surface area contributed by atoms with Crippen molar-refractivity contribution in [2.45, 2.75) is 19.0 Å². The van der Waals surface area contributed by atoms with Gasteiger partial charge in [-0.1, -0.05) is 49.3 Å². The van der Waals surface area contributed by atoms with Crippen molar-refractivity contribution < 1.29 is 9.53 Å². The van der Waals surface area contributed by atoms with E-state index in [9.17, 15) is 14.9 Å². The highest BCUT2D eigenvalue weighted by molar-refractivity contribution is 7.99. The molecule has 6 nitrogen and oxygen atoms in total. The van der Waals surface area contributed by atoms with Gasteiger partial charge in [0.2, 0.25) is 0 Å². The Balaban J connectivity index is 2.24. The van der Waals surface area contributed by atoms with Crippen molar-refractivity contribution in [3.8, 4) is 17.3 Å². The molecule has 1 aromatic heterocycles. The Morgan fingerprint density at radius 3 is 2.68 bits per heavy atom. The molecule has 0 radical (unpaired) electrons. The van der Waals surface area contributed by atoms with Gasteiger partial charge in [0, 0.05) is 10.6 Å². The largest absolute Gasteiger partial charge is 0.465 e. The zero-order valence-corrected chi connectivity index (χ0v) is 15.3. The lowest BCUT2D eigenvalue weighted by atomic mass is 10.1. The number of carbonyl (C=O) groups excluding carboxylic acids is 1. The number of halogens is 1. The van der Waals surface area contributed by atoms with Crippen molar-refractivity contribution in [2.24, 2.45) is 5.92 Å². The molecule has 1 aromatic carbocycles. The minimum atomic E-state index is -0.555. The molecule has 1 N–H and O–H groups in total. The molecule has 2 rings (SSSR count). The van der Waals surface area contributed by atoms with Gasteiger partial charge in [-0.05, 0) is 18.1 Å². The summed E-state index contributed by atoms with van der Waals surface area (Å²) in [7, 11) is 0. The molecule has 0 aliphatic rings. The van der Waals surface area contributed by atoms with Gasteiger partial charge in [0.1, 0.15) is 11.6 Å². The van der Waals surface area contributed by atoms with E-state index in [-0.39, 0.29) is 28.1 Å². The van der Waals surface area contributed by atoms with E-state index in [0.717, 1.165) is 11.8 Å². The number of rotatable bonds is 6. The first-order valence-corrected chi connectivity index (χ1v) is 8.86. The Hall–Kier alpha value is -2.30. The van der Waals surface area contributed by atoms with Crippen LogP contribution >= 0.6 is 23.4 Å². The van der Waals surface area contributed by atoms with Gasteiger partial charge in [-0.15, -0.1) is 0 Å². The van der Waals surface area contributed by atoms with Crippen LogP contribution < -0.4 is 5.56 Å². The summed E-state index contributed by atoms with van der Waals surface area (Å²) in [6.45, 7) is 4.23. The van der Waals surface area contributed by atoms with Gasteiger partial charge in [-0.3, -0.25) is 9.59 Å². The van der Waals surface area contributed by atoms with Gasteiger partial charge in [0.05, 0.1) is 18.1 Å². The fourth-order valence-electron chi connectivity index (χ4n) is 1.87. The second kappa shape index (κ2) is 8.70. The normalized spacial score (nSPS) is 10.5. The number of benzene rings is 1. The maximum absolute atomic E-state index is 12.1. The summed E-state index contributed by atoms with van der Waals surface area (Å²) >= 11 is 6.91. The van der Waals surface area contributed by atoms with E-state index in [4.69, 9.17) is 16.3 Å². The number of aromatic nitrogens is 2. The molecule has 0 bridgehead atoms. The number of nitriles is 1. The van der Waals surface area contributed by atoms with E-state index in [0.29, 0.717) is 17.2 Å². The van der Waals surface area contributed by atoms with Crippen LogP contribution in [0.25, 0.3) is 11.3 Å². The van der Waals surface area contributed by atoms with Crippen molar-refractivity contribution >= 4 is 29.3 Å².